The highest BCUT2D eigenvalue weighted by Crippen LogP contribution is 2.08. The van der Waals surface area contributed by atoms with Crippen LogP contribution in [0.3, 0.4) is 0 Å². The van der Waals surface area contributed by atoms with Crippen LogP contribution in [0.15, 0.2) is 0 Å². The van der Waals surface area contributed by atoms with Crippen molar-refractivity contribution in [1.82, 2.24) is 10.2 Å². The van der Waals surface area contributed by atoms with E-state index in [1.54, 1.807) is 0 Å². The molecule has 1 saturated heterocycles. The zero-order chi connectivity index (χ0) is 15.1. The Labute approximate surface area is 117 Å². The van der Waals surface area contributed by atoms with E-state index in [1.807, 2.05) is 6.92 Å². The fraction of sp³-hybridized carbons (Fsp3) is 0.750. The number of methoxy groups -OCH3 is 1. The van der Waals surface area contributed by atoms with E-state index in [-0.39, 0.29) is 18.9 Å². The number of aliphatic carboxylic acids is 1. The molecule has 0 aromatic carbocycles. The highest BCUT2D eigenvalue weighted by molar-refractivity contribution is 5.83. The van der Waals surface area contributed by atoms with E-state index in [1.165, 1.54) is 12.0 Å². The fourth-order valence-electron chi connectivity index (χ4n) is 1.88. The standard InChI is InChI=1S/C12H20N2O6/c1-8-7-20-6-5-14(8)12(18)13-9(11(16)17)3-4-10(15)19-2/h8-9H,3-7H2,1-2H3,(H,13,18)(H,16,17)/t8?,9-/m0/s1. The Bertz CT molecular complexity index is 373. The summed E-state index contributed by atoms with van der Waals surface area (Å²) in [6.45, 7) is 3.09. The lowest BCUT2D eigenvalue weighted by atomic mass is 10.1. The van der Waals surface area contributed by atoms with Crippen molar-refractivity contribution in [2.24, 2.45) is 0 Å². The number of ether oxygens (including phenoxy) is 2. The molecular formula is C12H20N2O6. The summed E-state index contributed by atoms with van der Waals surface area (Å²) in [6.07, 6.45) is -0.0706. The van der Waals surface area contributed by atoms with Crippen molar-refractivity contribution in [3.05, 3.63) is 0 Å². The second-order valence-electron chi connectivity index (χ2n) is 4.57. The molecule has 2 atom stereocenters. The number of carbonyl (C=O) groups is 3. The minimum Gasteiger partial charge on any atom is -0.480 e. The van der Waals surface area contributed by atoms with Gasteiger partial charge in [-0.05, 0) is 13.3 Å². The van der Waals surface area contributed by atoms with Crippen molar-refractivity contribution in [3.8, 4) is 0 Å². The smallest absolute Gasteiger partial charge is 0.326 e. The summed E-state index contributed by atoms with van der Waals surface area (Å²) in [5, 5.41) is 11.5. The minimum atomic E-state index is -1.18. The van der Waals surface area contributed by atoms with Gasteiger partial charge in [-0.1, -0.05) is 0 Å². The van der Waals surface area contributed by atoms with E-state index in [0.717, 1.165) is 0 Å². The van der Waals surface area contributed by atoms with Crippen molar-refractivity contribution in [3.63, 3.8) is 0 Å². The summed E-state index contributed by atoms with van der Waals surface area (Å²) in [5.74, 6) is -1.69. The highest BCUT2D eigenvalue weighted by atomic mass is 16.5. The maximum Gasteiger partial charge on any atom is 0.326 e. The lowest BCUT2D eigenvalue weighted by Gasteiger charge is -2.34. The normalized spacial score (nSPS) is 20.1. The van der Waals surface area contributed by atoms with Crippen molar-refractivity contribution in [2.75, 3.05) is 26.9 Å². The maximum atomic E-state index is 12.0. The van der Waals surface area contributed by atoms with Crippen LogP contribution in [0.5, 0.6) is 0 Å². The van der Waals surface area contributed by atoms with Gasteiger partial charge in [-0.3, -0.25) is 4.79 Å². The molecule has 1 fully saturated rings. The highest BCUT2D eigenvalue weighted by Gasteiger charge is 2.28. The number of carboxylic acids is 1. The summed E-state index contributed by atoms with van der Waals surface area (Å²) in [6, 6.07) is -1.69. The van der Waals surface area contributed by atoms with Crippen LogP contribution >= 0.6 is 0 Å². The van der Waals surface area contributed by atoms with Gasteiger partial charge in [0.15, 0.2) is 0 Å². The molecule has 1 unspecified atom stereocenters. The summed E-state index contributed by atoms with van der Waals surface area (Å²) in [7, 11) is 1.23. The number of rotatable bonds is 5. The van der Waals surface area contributed by atoms with Crippen LogP contribution < -0.4 is 5.32 Å². The van der Waals surface area contributed by atoms with Crippen LogP contribution in [0.4, 0.5) is 4.79 Å². The molecule has 0 bridgehead atoms. The molecule has 114 valence electrons. The Kier molecular flexibility index (Phi) is 6.23. The molecular weight excluding hydrogens is 268 g/mol. The van der Waals surface area contributed by atoms with Gasteiger partial charge in [-0.15, -0.1) is 0 Å². The molecule has 2 amide bonds. The SMILES string of the molecule is COC(=O)CC[C@H](NC(=O)N1CCOCC1C)C(=O)O. The second kappa shape index (κ2) is 7.68. The van der Waals surface area contributed by atoms with Crippen LogP contribution in [0.2, 0.25) is 0 Å². The molecule has 0 aliphatic carbocycles. The third-order valence-corrected chi connectivity index (χ3v) is 3.09. The zero-order valence-electron chi connectivity index (χ0n) is 11.6. The number of nitrogens with one attached hydrogen (secondary N) is 1. The van der Waals surface area contributed by atoms with Crippen molar-refractivity contribution >= 4 is 18.0 Å². The van der Waals surface area contributed by atoms with Crippen LogP contribution in [0.25, 0.3) is 0 Å². The first-order chi connectivity index (χ1) is 9.45. The summed E-state index contributed by atoms with van der Waals surface area (Å²) < 4.78 is 9.66. The fourth-order valence-corrected chi connectivity index (χ4v) is 1.88. The molecule has 0 radical (unpaired) electrons. The van der Waals surface area contributed by atoms with Crippen molar-refractivity contribution in [2.45, 2.75) is 31.8 Å². The van der Waals surface area contributed by atoms with Gasteiger partial charge in [0.1, 0.15) is 6.04 Å². The Morgan fingerprint density at radius 3 is 2.75 bits per heavy atom. The first-order valence-electron chi connectivity index (χ1n) is 6.40. The van der Waals surface area contributed by atoms with Crippen molar-refractivity contribution < 1.29 is 29.0 Å². The monoisotopic (exact) mass is 288 g/mol. The Balaban J connectivity index is 2.53. The van der Waals surface area contributed by atoms with Gasteiger partial charge < -0.3 is 24.8 Å². The van der Waals surface area contributed by atoms with Crippen LogP contribution in [-0.4, -0.2) is 66.9 Å². The predicted octanol–water partition coefficient (Wildman–Crippen LogP) is -0.177. The van der Waals surface area contributed by atoms with Crippen LogP contribution in [0.1, 0.15) is 19.8 Å². The summed E-state index contributed by atoms with van der Waals surface area (Å²) >= 11 is 0. The molecule has 0 aromatic heterocycles. The van der Waals surface area contributed by atoms with E-state index in [4.69, 9.17) is 9.84 Å². The van der Waals surface area contributed by atoms with E-state index in [0.29, 0.717) is 19.8 Å². The van der Waals surface area contributed by atoms with Gasteiger partial charge in [0.05, 0.1) is 26.4 Å². The van der Waals surface area contributed by atoms with Crippen LogP contribution in [0, 0.1) is 0 Å². The quantitative estimate of drug-likeness (QED) is 0.680. The molecule has 8 heteroatoms. The first-order valence-corrected chi connectivity index (χ1v) is 6.40. The Morgan fingerprint density at radius 2 is 2.20 bits per heavy atom. The number of esters is 1. The second-order valence-corrected chi connectivity index (χ2v) is 4.57. The van der Waals surface area contributed by atoms with Gasteiger partial charge in [0.25, 0.3) is 0 Å². The van der Waals surface area contributed by atoms with Gasteiger partial charge in [0.2, 0.25) is 0 Å². The molecule has 8 nitrogen and oxygen atoms in total. The van der Waals surface area contributed by atoms with Crippen LogP contribution in [-0.2, 0) is 19.1 Å². The van der Waals surface area contributed by atoms with Gasteiger partial charge in [-0.25, -0.2) is 9.59 Å². The Morgan fingerprint density at radius 1 is 1.50 bits per heavy atom. The third kappa shape index (κ3) is 4.69. The molecule has 1 rings (SSSR count). The molecule has 0 aromatic rings. The van der Waals surface area contributed by atoms with E-state index in [2.05, 4.69) is 10.1 Å². The molecule has 0 saturated carbocycles. The molecule has 2 N–H and O–H groups in total. The van der Waals surface area contributed by atoms with Gasteiger partial charge >= 0.3 is 18.0 Å². The minimum absolute atomic E-state index is 0.00747. The summed E-state index contributed by atoms with van der Waals surface area (Å²) in [4.78, 5) is 35.7. The number of hydrogen-bond donors (Lipinski definition) is 2. The number of urea groups is 1. The number of carboxylic acid groups (broad SMARTS) is 1. The predicted molar refractivity (Wildman–Crippen MR) is 68.2 cm³/mol. The number of hydrogen-bond acceptors (Lipinski definition) is 5. The maximum absolute atomic E-state index is 12.0. The number of nitrogens with zero attached hydrogens (tertiary/aromatic N) is 1. The van der Waals surface area contributed by atoms with E-state index < -0.39 is 24.0 Å². The summed E-state index contributed by atoms with van der Waals surface area (Å²) in [5.41, 5.74) is 0. The van der Waals surface area contributed by atoms with E-state index >= 15 is 0 Å². The molecule has 1 aliphatic heterocycles. The Hall–Kier alpha value is -1.83. The lowest BCUT2D eigenvalue weighted by Crippen LogP contribution is -2.54. The molecule has 0 spiro atoms. The number of morpholine rings is 1. The molecule has 1 heterocycles. The lowest BCUT2D eigenvalue weighted by molar-refractivity contribution is -0.142. The number of carbonyl (C=O) groups excluding carboxylic acids is 2. The topological polar surface area (TPSA) is 105 Å². The molecule has 20 heavy (non-hydrogen) atoms. The zero-order valence-corrected chi connectivity index (χ0v) is 11.6. The number of amides is 2. The first kappa shape index (κ1) is 16.2. The largest absolute Gasteiger partial charge is 0.480 e. The average Bonchev–Trinajstić information content (AvgIpc) is 2.42. The molecule has 1 aliphatic rings. The van der Waals surface area contributed by atoms with Crippen molar-refractivity contribution in [1.29, 1.82) is 0 Å². The van der Waals surface area contributed by atoms with Gasteiger partial charge in [-0.2, -0.15) is 0 Å². The third-order valence-electron chi connectivity index (χ3n) is 3.09. The van der Waals surface area contributed by atoms with E-state index in [9.17, 15) is 14.4 Å². The average molecular weight is 288 g/mol. The van der Waals surface area contributed by atoms with Gasteiger partial charge in [0, 0.05) is 13.0 Å².